The lowest BCUT2D eigenvalue weighted by molar-refractivity contribution is -0.274. The minimum atomic E-state index is -4.82. The summed E-state index contributed by atoms with van der Waals surface area (Å²) < 4.78 is 76.7. The summed E-state index contributed by atoms with van der Waals surface area (Å²) in [6.07, 6.45) is -3.52. The van der Waals surface area contributed by atoms with Gasteiger partial charge in [-0.15, -0.1) is 18.3 Å². The van der Waals surface area contributed by atoms with Gasteiger partial charge in [0, 0.05) is 11.1 Å². The maximum absolute atomic E-state index is 15.1. The molecule has 0 atom stereocenters. The van der Waals surface area contributed by atoms with Crippen molar-refractivity contribution < 1.29 is 41.0 Å². The Labute approximate surface area is 285 Å². The van der Waals surface area contributed by atoms with Crippen LogP contribution in [0, 0.1) is 18.6 Å². The Hall–Kier alpha value is -5.61. The first-order chi connectivity index (χ1) is 23.9. The van der Waals surface area contributed by atoms with Crippen LogP contribution in [0.15, 0.2) is 96.2 Å². The van der Waals surface area contributed by atoms with Gasteiger partial charge in [-0.1, -0.05) is 36.0 Å². The summed E-state index contributed by atoms with van der Waals surface area (Å²) in [6, 6.07) is 19.2. The molecular formula is C34H25F5N6O4S. The molecule has 6 rings (SSSR count). The van der Waals surface area contributed by atoms with Gasteiger partial charge in [0.15, 0.2) is 11.0 Å². The number of thioether (sulfide) groups is 1. The van der Waals surface area contributed by atoms with E-state index in [0.717, 1.165) is 41.1 Å². The smallest absolute Gasteiger partial charge is 0.406 e. The number of nitrogens with zero attached hydrogens (tertiary/aromatic N) is 5. The molecule has 4 aromatic carbocycles. The van der Waals surface area contributed by atoms with E-state index in [2.05, 4.69) is 25.1 Å². The second kappa shape index (κ2) is 14.5. The van der Waals surface area contributed by atoms with Gasteiger partial charge >= 0.3 is 12.4 Å². The van der Waals surface area contributed by atoms with Gasteiger partial charge < -0.3 is 14.8 Å². The number of halogens is 5. The van der Waals surface area contributed by atoms with Crippen molar-refractivity contribution in [1.29, 1.82) is 0 Å². The van der Waals surface area contributed by atoms with Crippen molar-refractivity contribution in [2.75, 3.05) is 16.0 Å². The quantitative estimate of drug-likeness (QED) is 0.156. The fourth-order valence-corrected chi connectivity index (χ4v) is 5.71. The average Bonchev–Trinajstić information content (AvgIpc) is 3.70. The van der Waals surface area contributed by atoms with Crippen LogP contribution in [0.4, 0.5) is 38.1 Å². The number of aromatic nitrogens is 3. The second-order valence-corrected chi connectivity index (χ2v) is 11.8. The number of amidine groups is 1. The highest BCUT2D eigenvalue weighted by Crippen LogP contribution is 2.32. The highest BCUT2D eigenvalue weighted by atomic mass is 32.2. The Balaban J connectivity index is 1.13. The maximum Gasteiger partial charge on any atom is 0.573 e. The number of urea groups is 1. The van der Waals surface area contributed by atoms with Crippen molar-refractivity contribution in [2.24, 2.45) is 4.99 Å². The zero-order valence-electron chi connectivity index (χ0n) is 25.9. The number of benzene rings is 4. The normalized spacial score (nSPS) is 14.0. The zero-order valence-corrected chi connectivity index (χ0v) is 26.8. The SMILES string of the molecule is Cc1ccc(COCc2ccc(F)cc2)c(N2C(=O)CSC2=NC(=O)Nc2ccc(-c3ncn(-c4ccc(OC(F)(F)F)cc4)n3)cc2F)c1. The molecule has 0 unspecified atom stereocenters. The summed E-state index contributed by atoms with van der Waals surface area (Å²) in [7, 11) is 0. The number of rotatable bonds is 9. The third-order valence-corrected chi connectivity index (χ3v) is 8.10. The van der Waals surface area contributed by atoms with Crippen molar-refractivity contribution in [2.45, 2.75) is 26.5 Å². The van der Waals surface area contributed by atoms with Crippen LogP contribution >= 0.6 is 11.8 Å². The lowest BCUT2D eigenvalue weighted by Gasteiger charge is -2.20. The molecule has 1 aromatic heterocycles. The molecule has 0 bridgehead atoms. The predicted octanol–water partition coefficient (Wildman–Crippen LogP) is 7.80. The maximum atomic E-state index is 15.1. The number of alkyl halides is 3. The number of carbonyl (C=O) groups is 2. The summed E-state index contributed by atoms with van der Waals surface area (Å²) in [5.74, 6) is -1.73. The zero-order chi connectivity index (χ0) is 35.4. The van der Waals surface area contributed by atoms with Gasteiger partial charge in [0.25, 0.3) is 0 Å². The van der Waals surface area contributed by atoms with E-state index in [9.17, 15) is 27.2 Å². The minimum absolute atomic E-state index is 0.0319. The Morgan fingerprint density at radius 2 is 1.74 bits per heavy atom. The predicted molar refractivity (Wildman–Crippen MR) is 176 cm³/mol. The molecule has 5 aromatic rings. The highest BCUT2D eigenvalue weighted by Gasteiger charge is 2.33. The molecule has 0 saturated carbocycles. The van der Waals surface area contributed by atoms with Crippen LogP contribution in [0.1, 0.15) is 16.7 Å². The third-order valence-electron chi connectivity index (χ3n) is 7.18. The van der Waals surface area contributed by atoms with Crippen molar-refractivity contribution in [1.82, 2.24) is 14.8 Å². The van der Waals surface area contributed by atoms with Crippen LogP contribution in [0.3, 0.4) is 0 Å². The molecule has 0 aliphatic carbocycles. The molecule has 1 aliphatic heterocycles. The summed E-state index contributed by atoms with van der Waals surface area (Å²) in [6.45, 7) is 2.18. The van der Waals surface area contributed by atoms with Crippen molar-refractivity contribution in [3.05, 3.63) is 120 Å². The van der Waals surface area contributed by atoms with Gasteiger partial charge in [0.1, 0.15) is 23.7 Å². The van der Waals surface area contributed by atoms with Crippen LogP contribution in [-0.2, 0) is 22.7 Å². The number of hydrogen-bond donors (Lipinski definition) is 1. The molecule has 16 heteroatoms. The van der Waals surface area contributed by atoms with E-state index in [0.29, 0.717) is 16.9 Å². The molecule has 256 valence electrons. The Kier molecular flexibility index (Phi) is 9.92. The Morgan fingerprint density at radius 1 is 0.980 bits per heavy atom. The lowest BCUT2D eigenvalue weighted by Crippen LogP contribution is -2.31. The fourth-order valence-electron chi connectivity index (χ4n) is 4.85. The number of carbonyl (C=O) groups excluding carboxylic acids is 2. The molecule has 1 fully saturated rings. The lowest BCUT2D eigenvalue weighted by atomic mass is 10.1. The summed E-state index contributed by atoms with van der Waals surface area (Å²) >= 11 is 1.06. The number of aryl methyl sites for hydroxylation is 1. The number of amides is 3. The van der Waals surface area contributed by atoms with Gasteiger partial charge in [-0.3, -0.25) is 9.69 Å². The van der Waals surface area contributed by atoms with Gasteiger partial charge in [-0.2, -0.15) is 4.99 Å². The molecule has 3 amide bonds. The highest BCUT2D eigenvalue weighted by molar-refractivity contribution is 8.15. The molecular weight excluding hydrogens is 683 g/mol. The van der Waals surface area contributed by atoms with E-state index in [1.807, 2.05) is 13.0 Å². The molecule has 1 N–H and O–H groups in total. The molecule has 1 saturated heterocycles. The third kappa shape index (κ3) is 8.33. The van der Waals surface area contributed by atoms with E-state index in [4.69, 9.17) is 4.74 Å². The van der Waals surface area contributed by atoms with Gasteiger partial charge in [-0.25, -0.2) is 23.2 Å². The van der Waals surface area contributed by atoms with Crippen LogP contribution in [-0.4, -0.2) is 44.0 Å². The van der Waals surface area contributed by atoms with Gasteiger partial charge in [0.05, 0.1) is 36.0 Å². The Morgan fingerprint density at radius 3 is 2.46 bits per heavy atom. The standard InChI is InChI=1S/C34H25F5N6O4S/c1-20-2-5-23(17-48-16-21-3-7-24(35)8-4-21)29(14-20)45-30(46)18-50-33(45)42-32(47)41-28-13-6-22(15-27(28)36)31-40-19-44(43-31)25-9-11-26(12-10-25)49-34(37,38)39/h2-15,19H,16-18H2,1H3,(H,41,47). The van der Waals surface area contributed by atoms with E-state index in [1.165, 1.54) is 52.3 Å². The number of anilines is 2. The number of hydrogen-bond acceptors (Lipinski definition) is 7. The number of nitrogens with one attached hydrogen (secondary N) is 1. The molecule has 0 radical (unpaired) electrons. The average molecular weight is 709 g/mol. The van der Waals surface area contributed by atoms with Crippen LogP contribution < -0.4 is 15.0 Å². The first-order valence-corrected chi connectivity index (χ1v) is 15.8. The van der Waals surface area contributed by atoms with Crippen LogP contribution in [0.2, 0.25) is 0 Å². The molecule has 1 aliphatic rings. The first-order valence-electron chi connectivity index (χ1n) is 14.8. The van der Waals surface area contributed by atoms with Gasteiger partial charge in [-0.05, 0) is 78.7 Å². The molecule has 0 spiro atoms. The van der Waals surface area contributed by atoms with E-state index in [-0.39, 0.29) is 52.9 Å². The van der Waals surface area contributed by atoms with Crippen molar-refractivity contribution in [3.8, 4) is 22.8 Å². The van der Waals surface area contributed by atoms with Gasteiger partial charge in [0.2, 0.25) is 5.91 Å². The summed E-state index contributed by atoms with van der Waals surface area (Å²) in [4.78, 5) is 35.5. The summed E-state index contributed by atoms with van der Waals surface area (Å²) in [5, 5.41) is 6.75. The van der Waals surface area contributed by atoms with Crippen LogP contribution in [0.5, 0.6) is 5.75 Å². The number of ether oxygens (including phenoxy) is 2. The van der Waals surface area contributed by atoms with E-state index < -0.39 is 24.0 Å². The Bertz CT molecular complexity index is 2070. The van der Waals surface area contributed by atoms with E-state index >= 15 is 4.39 Å². The van der Waals surface area contributed by atoms with Crippen LogP contribution in [0.25, 0.3) is 17.1 Å². The second-order valence-electron chi connectivity index (χ2n) is 10.8. The first kappa shape index (κ1) is 34.3. The largest absolute Gasteiger partial charge is 0.573 e. The summed E-state index contributed by atoms with van der Waals surface area (Å²) in [5.41, 5.74) is 3.23. The fraction of sp³-hybridized carbons (Fsp3) is 0.147. The van der Waals surface area contributed by atoms with Crippen molar-refractivity contribution in [3.63, 3.8) is 0 Å². The van der Waals surface area contributed by atoms with Crippen molar-refractivity contribution >= 4 is 40.2 Å². The monoisotopic (exact) mass is 708 g/mol. The minimum Gasteiger partial charge on any atom is -0.406 e. The molecule has 2 heterocycles. The topological polar surface area (TPSA) is 111 Å². The molecule has 10 nitrogen and oxygen atoms in total. The van der Waals surface area contributed by atoms with E-state index in [1.54, 1.807) is 24.3 Å². The number of aliphatic imine (C=N–C) groups is 1. The molecule has 50 heavy (non-hydrogen) atoms.